The van der Waals surface area contributed by atoms with Crippen molar-refractivity contribution in [3.63, 3.8) is 0 Å². The minimum atomic E-state index is -3.73. The Morgan fingerprint density at radius 3 is 2.80 bits per heavy atom. The second-order valence-corrected chi connectivity index (χ2v) is 9.99. The monoisotopic (exact) mass is 440 g/mol. The lowest BCUT2D eigenvalue weighted by Gasteiger charge is -2.07. The number of pyridine rings is 1. The first-order valence-corrected chi connectivity index (χ1v) is 11.5. The summed E-state index contributed by atoms with van der Waals surface area (Å²) in [5.41, 5.74) is 3.98. The molecule has 4 aromatic rings. The molecule has 3 aromatic heterocycles. The maximum Gasteiger partial charge on any atom is 0.271 e. The minimum Gasteiger partial charge on any atom is -0.351 e. The van der Waals surface area contributed by atoms with Gasteiger partial charge in [-0.15, -0.1) is 11.3 Å². The number of thiophene rings is 1. The van der Waals surface area contributed by atoms with Gasteiger partial charge in [0.2, 0.25) is 5.91 Å². The van der Waals surface area contributed by atoms with Crippen LogP contribution in [-0.2, 0) is 21.4 Å². The van der Waals surface area contributed by atoms with Crippen LogP contribution in [0.25, 0.3) is 16.9 Å². The van der Waals surface area contributed by atoms with Crippen molar-refractivity contribution >= 4 is 38.6 Å². The number of anilines is 1. The van der Waals surface area contributed by atoms with Gasteiger partial charge in [-0.2, -0.15) is 0 Å². The Kier molecular flexibility index (Phi) is 5.31. The summed E-state index contributed by atoms with van der Waals surface area (Å²) in [6, 6.07) is 14.4. The number of benzene rings is 1. The Hall–Kier alpha value is -3.17. The molecule has 0 unspecified atom stereocenters. The van der Waals surface area contributed by atoms with E-state index in [1.54, 1.807) is 30.3 Å². The van der Waals surface area contributed by atoms with Crippen LogP contribution in [0.5, 0.6) is 0 Å². The Morgan fingerprint density at radius 2 is 2.00 bits per heavy atom. The lowest BCUT2D eigenvalue weighted by molar-refractivity contribution is -0.119. The molecule has 0 spiro atoms. The van der Waals surface area contributed by atoms with Gasteiger partial charge in [0.15, 0.2) is 0 Å². The van der Waals surface area contributed by atoms with Crippen molar-refractivity contribution in [3.8, 4) is 11.3 Å². The molecule has 154 valence electrons. The van der Waals surface area contributed by atoms with Crippen molar-refractivity contribution in [2.24, 2.45) is 0 Å². The third-order valence-corrected chi connectivity index (χ3v) is 7.40. The zero-order valence-electron chi connectivity index (χ0n) is 16.4. The second kappa shape index (κ2) is 7.92. The van der Waals surface area contributed by atoms with Crippen LogP contribution >= 0.6 is 11.3 Å². The molecular formula is C21H20N4O3S2. The van der Waals surface area contributed by atoms with Crippen molar-refractivity contribution in [1.82, 2.24) is 14.7 Å². The quantitative estimate of drug-likeness (QED) is 0.477. The van der Waals surface area contributed by atoms with Crippen LogP contribution in [0, 0.1) is 6.92 Å². The number of nitrogens with one attached hydrogen (secondary N) is 2. The average molecular weight is 441 g/mol. The van der Waals surface area contributed by atoms with Crippen molar-refractivity contribution in [3.05, 3.63) is 71.4 Å². The average Bonchev–Trinajstić information content (AvgIpc) is 3.33. The third kappa shape index (κ3) is 4.37. The number of carbonyl (C=O) groups is 1. The van der Waals surface area contributed by atoms with Gasteiger partial charge in [0.05, 0.1) is 12.2 Å². The molecule has 4 rings (SSSR count). The van der Waals surface area contributed by atoms with Gasteiger partial charge in [-0.3, -0.25) is 9.52 Å². The van der Waals surface area contributed by atoms with E-state index in [4.69, 9.17) is 0 Å². The van der Waals surface area contributed by atoms with E-state index < -0.39 is 10.0 Å². The topological polar surface area (TPSA) is 92.6 Å². The van der Waals surface area contributed by atoms with Crippen LogP contribution in [0.4, 0.5) is 5.69 Å². The molecule has 0 fully saturated rings. The number of carbonyl (C=O) groups excluding carboxylic acids is 1. The number of hydrogen-bond acceptors (Lipinski definition) is 5. The SMILES string of the molecule is CC(=O)NCc1ccc(S(=O)(=O)Nc2cccc(-c3cn4ccc(C)cc4n3)c2)s1. The first-order chi connectivity index (χ1) is 14.3. The van der Waals surface area contributed by atoms with E-state index in [1.165, 1.54) is 6.92 Å². The molecule has 9 heteroatoms. The molecular weight excluding hydrogens is 420 g/mol. The molecule has 7 nitrogen and oxygen atoms in total. The normalized spacial score (nSPS) is 11.5. The van der Waals surface area contributed by atoms with Gasteiger partial charge in [0, 0.05) is 35.4 Å². The van der Waals surface area contributed by atoms with Crippen LogP contribution in [-0.4, -0.2) is 23.7 Å². The molecule has 0 saturated heterocycles. The molecule has 0 aliphatic rings. The van der Waals surface area contributed by atoms with E-state index in [1.807, 2.05) is 41.9 Å². The summed E-state index contributed by atoms with van der Waals surface area (Å²) in [6.07, 6.45) is 3.86. The van der Waals surface area contributed by atoms with Crippen molar-refractivity contribution < 1.29 is 13.2 Å². The van der Waals surface area contributed by atoms with Crippen LogP contribution in [0.3, 0.4) is 0 Å². The molecule has 0 saturated carbocycles. The molecule has 2 N–H and O–H groups in total. The van der Waals surface area contributed by atoms with Gasteiger partial charge in [0.1, 0.15) is 9.86 Å². The zero-order valence-corrected chi connectivity index (χ0v) is 18.0. The predicted molar refractivity (Wildman–Crippen MR) is 118 cm³/mol. The fraction of sp³-hybridized carbons (Fsp3) is 0.143. The van der Waals surface area contributed by atoms with E-state index in [-0.39, 0.29) is 10.1 Å². The number of aromatic nitrogens is 2. The van der Waals surface area contributed by atoms with E-state index in [9.17, 15) is 13.2 Å². The number of fused-ring (bicyclic) bond motifs is 1. The fourth-order valence-corrected chi connectivity index (χ4v) is 5.32. The van der Waals surface area contributed by atoms with E-state index in [0.717, 1.165) is 38.7 Å². The highest BCUT2D eigenvalue weighted by Crippen LogP contribution is 2.27. The Morgan fingerprint density at radius 1 is 1.17 bits per heavy atom. The summed E-state index contributed by atoms with van der Waals surface area (Å²) in [6.45, 7) is 3.73. The molecule has 0 bridgehead atoms. The third-order valence-electron chi connectivity index (χ3n) is 4.44. The number of nitrogens with zero attached hydrogens (tertiary/aromatic N) is 2. The number of aryl methyl sites for hydroxylation is 1. The van der Waals surface area contributed by atoms with Gasteiger partial charge in [-0.05, 0) is 48.9 Å². The molecule has 30 heavy (non-hydrogen) atoms. The largest absolute Gasteiger partial charge is 0.351 e. The zero-order chi connectivity index (χ0) is 21.3. The second-order valence-electron chi connectivity index (χ2n) is 6.91. The van der Waals surface area contributed by atoms with E-state index in [2.05, 4.69) is 15.0 Å². The summed E-state index contributed by atoms with van der Waals surface area (Å²) in [7, 11) is -3.73. The number of amides is 1. The predicted octanol–water partition coefficient (Wildman–Crippen LogP) is 3.81. The minimum absolute atomic E-state index is 0.162. The van der Waals surface area contributed by atoms with Crippen LogP contribution in [0.15, 0.2) is 65.1 Å². The molecule has 0 aliphatic carbocycles. The summed E-state index contributed by atoms with van der Waals surface area (Å²) in [5, 5.41) is 2.66. The number of sulfonamides is 1. The first kappa shape index (κ1) is 20.1. The molecule has 3 heterocycles. The maximum atomic E-state index is 12.8. The summed E-state index contributed by atoms with van der Waals surface area (Å²) >= 11 is 1.13. The summed E-state index contributed by atoms with van der Waals surface area (Å²) < 4.78 is 30.3. The standard InChI is InChI=1S/C21H20N4O3S2/c1-14-8-9-25-13-19(23-20(25)10-14)16-4-3-5-17(11-16)24-30(27,28)21-7-6-18(29-21)12-22-15(2)26/h3-11,13,24H,12H2,1-2H3,(H,22,26). The molecule has 1 aromatic carbocycles. The van der Waals surface area contributed by atoms with E-state index in [0.29, 0.717) is 12.2 Å². The number of rotatable bonds is 6. The highest BCUT2D eigenvalue weighted by atomic mass is 32.2. The van der Waals surface area contributed by atoms with Crippen LogP contribution < -0.4 is 10.0 Å². The van der Waals surface area contributed by atoms with Gasteiger partial charge in [0.25, 0.3) is 10.0 Å². The Balaban J connectivity index is 1.57. The van der Waals surface area contributed by atoms with Gasteiger partial charge in [-0.25, -0.2) is 13.4 Å². The van der Waals surface area contributed by atoms with Crippen LogP contribution in [0.2, 0.25) is 0 Å². The number of hydrogen-bond donors (Lipinski definition) is 2. The Bertz CT molecular complexity index is 1340. The molecule has 0 radical (unpaired) electrons. The van der Waals surface area contributed by atoms with Gasteiger partial charge < -0.3 is 9.72 Å². The van der Waals surface area contributed by atoms with Crippen molar-refractivity contribution in [2.45, 2.75) is 24.6 Å². The van der Waals surface area contributed by atoms with Crippen LogP contribution in [0.1, 0.15) is 17.4 Å². The highest BCUT2D eigenvalue weighted by molar-refractivity contribution is 7.94. The number of imidazole rings is 1. The summed E-state index contributed by atoms with van der Waals surface area (Å²) in [5.74, 6) is -0.162. The maximum absolute atomic E-state index is 12.8. The Labute approximate surface area is 178 Å². The molecule has 0 aliphatic heterocycles. The summed E-state index contributed by atoms with van der Waals surface area (Å²) in [4.78, 5) is 16.4. The lowest BCUT2D eigenvalue weighted by Crippen LogP contribution is -2.18. The fourth-order valence-electron chi connectivity index (χ4n) is 2.98. The van der Waals surface area contributed by atoms with Crippen molar-refractivity contribution in [2.75, 3.05) is 4.72 Å². The van der Waals surface area contributed by atoms with E-state index >= 15 is 0 Å². The highest BCUT2D eigenvalue weighted by Gasteiger charge is 2.17. The first-order valence-electron chi connectivity index (χ1n) is 9.22. The van der Waals surface area contributed by atoms with Gasteiger partial charge in [-0.1, -0.05) is 12.1 Å². The molecule has 0 atom stereocenters. The van der Waals surface area contributed by atoms with Gasteiger partial charge >= 0.3 is 0 Å². The van der Waals surface area contributed by atoms with Crippen molar-refractivity contribution in [1.29, 1.82) is 0 Å². The smallest absolute Gasteiger partial charge is 0.271 e. The lowest BCUT2D eigenvalue weighted by atomic mass is 10.1. The molecule has 1 amide bonds.